The lowest BCUT2D eigenvalue weighted by Gasteiger charge is -2.31. The standard InChI is InChI=1S/C19H23Br2NO2/c20-17-7-3-15(4-8-17)12-22(19(14-24)2-1-11-23)13-16-5-9-18(21)10-6-16/h3-10,19,23-24H,1-2,11-14H2/t19-/m1/s1. The third kappa shape index (κ3) is 6.30. The van der Waals surface area contributed by atoms with Crippen LogP contribution < -0.4 is 0 Å². The summed E-state index contributed by atoms with van der Waals surface area (Å²) in [7, 11) is 0. The van der Waals surface area contributed by atoms with E-state index >= 15 is 0 Å². The molecule has 0 aliphatic heterocycles. The van der Waals surface area contributed by atoms with Crippen LogP contribution in [0, 0.1) is 0 Å². The van der Waals surface area contributed by atoms with Crippen molar-refractivity contribution in [2.45, 2.75) is 32.0 Å². The first-order valence-electron chi connectivity index (χ1n) is 8.07. The molecule has 2 aromatic rings. The maximum absolute atomic E-state index is 9.83. The molecule has 5 heteroatoms. The second kappa shape index (κ2) is 10.3. The zero-order valence-corrected chi connectivity index (χ0v) is 16.7. The van der Waals surface area contributed by atoms with E-state index in [-0.39, 0.29) is 19.3 Å². The molecule has 0 aromatic heterocycles. The van der Waals surface area contributed by atoms with Gasteiger partial charge < -0.3 is 10.2 Å². The van der Waals surface area contributed by atoms with Gasteiger partial charge in [-0.15, -0.1) is 0 Å². The van der Waals surface area contributed by atoms with Crippen molar-refractivity contribution in [3.63, 3.8) is 0 Å². The molecule has 0 radical (unpaired) electrons. The topological polar surface area (TPSA) is 43.7 Å². The minimum absolute atomic E-state index is 0.0319. The number of aliphatic hydroxyl groups is 2. The van der Waals surface area contributed by atoms with Crippen molar-refractivity contribution in [3.05, 3.63) is 68.6 Å². The van der Waals surface area contributed by atoms with E-state index in [1.165, 1.54) is 11.1 Å². The first kappa shape index (κ1) is 19.6. The third-order valence-electron chi connectivity index (χ3n) is 4.02. The summed E-state index contributed by atoms with van der Waals surface area (Å²) in [5, 5.41) is 19.0. The number of benzene rings is 2. The van der Waals surface area contributed by atoms with Crippen LogP contribution in [0.25, 0.3) is 0 Å². The van der Waals surface area contributed by atoms with Crippen LogP contribution in [0.3, 0.4) is 0 Å². The van der Waals surface area contributed by atoms with Crippen molar-refractivity contribution in [1.29, 1.82) is 0 Å². The number of halogens is 2. The molecule has 24 heavy (non-hydrogen) atoms. The van der Waals surface area contributed by atoms with Gasteiger partial charge in [0.05, 0.1) is 6.61 Å². The third-order valence-corrected chi connectivity index (χ3v) is 5.08. The summed E-state index contributed by atoms with van der Waals surface area (Å²) < 4.78 is 2.12. The van der Waals surface area contributed by atoms with Crippen LogP contribution in [0.15, 0.2) is 57.5 Å². The van der Waals surface area contributed by atoms with E-state index in [1.54, 1.807) is 0 Å². The van der Waals surface area contributed by atoms with E-state index in [9.17, 15) is 5.11 Å². The zero-order valence-electron chi connectivity index (χ0n) is 13.5. The smallest absolute Gasteiger partial charge is 0.0587 e. The summed E-state index contributed by atoms with van der Waals surface area (Å²) in [5.41, 5.74) is 2.41. The Balaban J connectivity index is 2.15. The Kier molecular flexibility index (Phi) is 8.42. The second-order valence-electron chi connectivity index (χ2n) is 5.86. The minimum atomic E-state index is 0.0319. The molecule has 0 unspecified atom stereocenters. The van der Waals surface area contributed by atoms with Gasteiger partial charge in [0.15, 0.2) is 0 Å². The molecule has 0 fully saturated rings. The number of hydrogen-bond acceptors (Lipinski definition) is 3. The molecule has 0 bridgehead atoms. The molecule has 2 N–H and O–H groups in total. The Hall–Kier alpha value is -0.720. The predicted molar refractivity (Wildman–Crippen MR) is 105 cm³/mol. The molecule has 1 atom stereocenters. The van der Waals surface area contributed by atoms with Crippen LogP contribution in [0.2, 0.25) is 0 Å². The fourth-order valence-corrected chi connectivity index (χ4v) is 3.21. The molecule has 0 aliphatic carbocycles. The molecule has 0 amide bonds. The first-order valence-corrected chi connectivity index (χ1v) is 9.65. The Labute approximate surface area is 160 Å². The highest BCUT2D eigenvalue weighted by atomic mass is 79.9. The molecule has 3 nitrogen and oxygen atoms in total. The summed E-state index contributed by atoms with van der Waals surface area (Å²) >= 11 is 6.93. The quantitative estimate of drug-likeness (QED) is 0.589. The van der Waals surface area contributed by atoms with Crippen molar-refractivity contribution in [3.8, 4) is 0 Å². The van der Waals surface area contributed by atoms with Crippen molar-refractivity contribution in [2.24, 2.45) is 0 Å². The van der Waals surface area contributed by atoms with E-state index in [4.69, 9.17) is 5.11 Å². The average Bonchev–Trinajstić information content (AvgIpc) is 2.59. The van der Waals surface area contributed by atoms with Gasteiger partial charge in [0, 0.05) is 34.7 Å². The normalized spacial score (nSPS) is 12.5. The highest BCUT2D eigenvalue weighted by Crippen LogP contribution is 2.19. The summed E-state index contributed by atoms with van der Waals surface area (Å²) in [6.07, 6.45) is 1.47. The summed E-state index contributed by atoms with van der Waals surface area (Å²) in [5.74, 6) is 0. The molecule has 0 saturated carbocycles. The summed E-state index contributed by atoms with van der Waals surface area (Å²) in [6, 6.07) is 16.6. The Morgan fingerprint density at radius 3 is 1.62 bits per heavy atom. The SMILES string of the molecule is OCCC[C@H](CO)N(Cc1ccc(Br)cc1)Cc1ccc(Br)cc1. The van der Waals surface area contributed by atoms with Crippen molar-refractivity contribution < 1.29 is 10.2 Å². The summed E-state index contributed by atoms with van der Waals surface area (Å²) in [6.45, 7) is 1.77. The maximum atomic E-state index is 9.83. The maximum Gasteiger partial charge on any atom is 0.0587 e. The van der Waals surface area contributed by atoms with Crippen LogP contribution in [0.5, 0.6) is 0 Å². The average molecular weight is 457 g/mol. The molecule has 0 aliphatic rings. The number of rotatable bonds is 9. The van der Waals surface area contributed by atoms with Gasteiger partial charge in [0.25, 0.3) is 0 Å². The molecular formula is C19H23Br2NO2. The highest BCUT2D eigenvalue weighted by Gasteiger charge is 2.18. The van der Waals surface area contributed by atoms with Crippen LogP contribution in [0.4, 0.5) is 0 Å². The molecule has 2 rings (SSSR count). The molecular weight excluding hydrogens is 434 g/mol. The van der Waals surface area contributed by atoms with Gasteiger partial charge in [-0.3, -0.25) is 4.90 Å². The lowest BCUT2D eigenvalue weighted by molar-refractivity contribution is 0.0969. The molecule has 0 saturated heterocycles. The first-order chi connectivity index (χ1) is 11.6. The number of nitrogens with zero attached hydrogens (tertiary/aromatic N) is 1. The lowest BCUT2D eigenvalue weighted by Crippen LogP contribution is -2.37. The fourth-order valence-electron chi connectivity index (χ4n) is 2.68. The van der Waals surface area contributed by atoms with E-state index in [0.29, 0.717) is 6.42 Å². The largest absolute Gasteiger partial charge is 0.396 e. The summed E-state index contributed by atoms with van der Waals surface area (Å²) in [4.78, 5) is 2.28. The van der Waals surface area contributed by atoms with E-state index in [0.717, 1.165) is 28.5 Å². The van der Waals surface area contributed by atoms with E-state index in [1.807, 2.05) is 24.3 Å². The minimum Gasteiger partial charge on any atom is -0.396 e. The van der Waals surface area contributed by atoms with Gasteiger partial charge in [0.2, 0.25) is 0 Å². The molecule has 130 valence electrons. The van der Waals surface area contributed by atoms with Crippen molar-refractivity contribution >= 4 is 31.9 Å². The Bertz CT molecular complexity index is 554. The zero-order chi connectivity index (χ0) is 17.4. The van der Waals surface area contributed by atoms with Gasteiger partial charge >= 0.3 is 0 Å². The van der Waals surface area contributed by atoms with Gasteiger partial charge in [-0.2, -0.15) is 0 Å². The van der Waals surface area contributed by atoms with Crippen LogP contribution >= 0.6 is 31.9 Å². The predicted octanol–water partition coefficient (Wildman–Crippen LogP) is 4.35. The van der Waals surface area contributed by atoms with Gasteiger partial charge in [-0.25, -0.2) is 0 Å². The van der Waals surface area contributed by atoms with Crippen LogP contribution in [-0.4, -0.2) is 34.4 Å². The van der Waals surface area contributed by atoms with Crippen LogP contribution in [-0.2, 0) is 13.1 Å². The van der Waals surface area contributed by atoms with Crippen LogP contribution in [0.1, 0.15) is 24.0 Å². The van der Waals surface area contributed by atoms with E-state index < -0.39 is 0 Å². The highest BCUT2D eigenvalue weighted by molar-refractivity contribution is 9.10. The van der Waals surface area contributed by atoms with Gasteiger partial charge in [-0.1, -0.05) is 56.1 Å². The number of hydrogen-bond donors (Lipinski definition) is 2. The van der Waals surface area contributed by atoms with Gasteiger partial charge in [-0.05, 0) is 48.2 Å². The molecule has 2 aromatic carbocycles. The monoisotopic (exact) mass is 455 g/mol. The molecule has 0 heterocycles. The van der Waals surface area contributed by atoms with Crippen molar-refractivity contribution in [2.75, 3.05) is 13.2 Å². The Morgan fingerprint density at radius 2 is 1.25 bits per heavy atom. The van der Waals surface area contributed by atoms with Gasteiger partial charge in [0.1, 0.15) is 0 Å². The van der Waals surface area contributed by atoms with E-state index in [2.05, 4.69) is 61.0 Å². The lowest BCUT2D eigenvalue weighted by atomic mass is 10.1. The second-order valence-corrected chi connectivity index (χ2v) is 7.69. The Morgan fingerprint density at radius 1 is 0.792 bits per heavy atom. The van der Waals surface area contributed by atoms with Crippen molar-refractivity contribution in [1.82, 2.24) is 4.90 Å². The number of aliphatic hydroxyl groups excluding tert-OH is 2. The molecule has 0 spiro atoms. The fraction of sp³-hybridized carbons (Fsp3) is 0.368.